The summed E-state index contributed by atoms with van der Waals surface area (Å²) in [5, 5.41) is 0.312. The Hall–Kier alpha value is -2.07. The van der Waals surface area contributed by atoms with Crippen LogP contribution in [-0.4, -0.2) is 45.9 Å². The molecule has 0 aliphatic heterocycles. The lowest BCUT2D eigenvalue weighted by molar-refractivity contribution is 0.0499. The maximum absolute atomic E-state index is 12.6. The Bertz CT molecular complexity index is 1070. The fraction of sp³-hybridized carbons (Fsp3) is 0.471. The first-order valence-electron chi connectivity index (χ1n) is 8.46. The van der Waals surface area contributed by atoms with Crippen molar-refractivity contribution in [1.82, 2.24) is 3.97 Å². The number of nitrogens with one attached hydrogen (secondary N) is 1. The van der Waals surface area contributed by atoms with Crippen LogP contribution < -0.4 is 4.72 Å². The second-order valence-electron chi connectivity index (χ2n) is 6.44. The van der Waals surface area contributed by atoms with Crippen LogP contribution in [-0.2, 0) is 24.8 Å². The number of hydrogen-bond acceptors (Lipinski definition) is 6. The number of esters is 1. The molecule has 0 saturated heterocycles. The molecule has 0 aliphatic carbocycles. The summed E-state index contributed by atoms with van der Waals surface area (Å²) in [6.07, 6.45) is 4.66. The third-order valence-corrected chi connectivity index (χ3v) is 5.71. The van der Waals surface area contributed by atoms with Gasteiger partial charge in [-0.05, 0) is 31.5 Å². The molecule has 0 aliphatic rings. The number of hydrogen-bond donors (Lipinski definition) is 1. The Labute approximate surface area is 159 Å². The van der Waals surface area contributed by atoms with E-state index in [0.29, 0.717) is 11.8 Å². The highest BCUT2D eigenvalue weighted by atomic mass is 32.2. The number of anilines is 1. The van der Waals surface area contributed by atoms with Gasteiger partial charge >= 0.3 is 5.97 Å². The number of sulfonamides is 1. The molecule has 1 N–H and O–H groups in total. The number of nitrogens with zero attached hydrogens (tertiary/aromatic N) is 1. The Morgan fingerprint density at radius 1 is 1.15 bits per heavy atom. The van der Waals surface area contributed by atoms with Gasteiger partial charge in [0.2, 0.25) is 20.0 Å². The molecule has 8 nitrogen and oxygen atoms in total. The summed E-state index contributed by atoms with van der Waals surface area (Å²) < 4.78 is 56.1. The predicted molar refractivity (Wildman–Crippen MR) is 105 cm³/mol. The van der Waals surface area contributed by atoms with Crippen molar-refractivity contribution in [3.05, 3.63) is 29.5 Å². The van der Waals surface area contributed by atoms with E-state index in [1.54, 1.807) is 0 Å². The summed E-state index contributed by atoms with van der Waals surface area (Å²) in [6.45, 7) is 3.79. The van der Waals surface area contributed by atoms with E-state index in [1.165, 1.54) is 25.1 Å². The summed E-state index contributed by atoms with van der Waals surface area (Å²) in [4.78, 5) is 12.6. The summed E-state index contributed by atoms with van der Waals surface area (Å²) in [6, 6.07) is 4.35. The first-order valence-corrected chi connectivity index (χ1v) is 12.2. The minimum atomic E-state index is -3.68. The summed E-state index contributed by atoms with van der Waals surface area (Å²) in [5.41, 5.74) is 0.860. The maximum Gasteiger partial charge on any atom is 0.340 e. The van der Waals surface area contributed by atoms with Crippen LogP contribution in [0.25, 0.3) is 10.9 Å². The molecule has 0 atom stereocenters. The second-order valence-corrected chi connectivity index (χ2v) is 10.0. The summed E-state index contributed by atoms with van der Waals surface area (Å²) in [5.74, 6) is -0.632. The molecule has 27 heavy (non-hydrogen) atoms. The van der Waals surface area contributed by atoms with Crippen LogP contribution in [0.2, 0.25) is 0 Å². The zero-order valence-electron chi connectivity index (χ0n) is 15.8. The smallest absolute Gasteiger partial charge is 0.340 e. The molecular formula is C17H24N2O6S2. The average Bonchev–Trinajstić information content (AvgIpc) is 2.81. The van der Waals surface area contributed by atoms with E-state index in [4.69, 9.17) is 4.74 Å². The maximum atomic E-state index is 12.6. The predicted octanol–water partition coefficient (Wildman–Crippen LogP) is 2.48. The van der Waals surface area contributed by atoms with Gasteiger partial charge in [0.05, 0.1) is 30.2 Å². The zero-order valence-corrected chi connectivity index (χ0v) is 17.4. The second kappa shape index (κ2) is 7.89. The van der Waals surface area contributed by atoms with E-state index in [0.717, 1.165) is 29.3 Å². The average molecular weight is 417 g/mol. The first-order chi connectivity index (χ1) is 12.5. The number of fused-ring (bicyclic) bond motifs is 1. The Balaban J connectivity index is 2.60. The van der Waals surface area contributed by atoms with Crippen LogP contribution in [0.15, 0.2) is 18.2 Å². The monoisotopic (exact) mass is 416 g/mol. The van der Waals surface area contributed by atoms with Crippen molar-refractivity contribution in [2.24, 2.45) is 0 Å². The number of rotatable bonds is 8. The largest absolute Gasteiger partial charge is 0.462 e. The van der Waals surface area contributed by atoms with Gasteiger partial charge in [0.15, 0.2) is 0 Å². The van der Waals surface area contributed by atoms with Crippen LogP contribution in [0, 0.1) is 6.92 Å². The molecule has 150 valence electrons. The van der Waals surface area contributed by atoms with E-state index in [1.807, 2.05) is 6.92 Å². The van der Waals surface area contributed by atoms with Crippen LogP contribution in [0.5, 0.6) is 0 Å². The van der Waals surface area contributed by atoms with Crippen molar-refractivity contribution in [3.63, 3.8) is 0 Å². The number of carbonyl (C=O) groups is 1. The fourth-order valence-electron chi connectivity index (χ4n) is 2.94. The van der Waals surface area contributed by atoms with Crippen molar-refractivity contribution in [2.45, 2.75) is 33.1 Å². The quantitative estimate of drug-likeness (QED) is 0.523. The Kier molecular flexibility index (Phi) is 6.21. The fourth-order valence-corrected chi connectivity index (χ4v) is 4.60. The highest BCUT2D eigenvalue weighted by molar-refractivity contribution is 7.92. The van der Waals surface area contributed by atoms with E-state index < -0.39 is 26.0 Å². The van der Waals surface area contributed by atoms with Gasteiger partial charge < -0.3 is 4.74 Å². The Morgan fingerprint density at radius 3 is 2.37 bits per heavy atom. The van der Waals surface area contributed by atoms with E-state index in [9.17, 15) is 21.6 Å². The molecule has 1 aromatic carbocycles. The molecule has 1 heterocycles. The molecule has 0 radical (unpaired) electrons. The minimum Gasteiger partial charge on any atom is -0.462 e. The lowest BCUT2D eigenvalue weighted by Crippen LogP contribution is -2.13. The van der Waals surface area contributed by atoms with Crippen LogP contribution in [0.3, 0.4) is 0 Å². The highest BCUT2D eigenvalue weighted by Crippen LogP contribution is 2.30. The number of ether oxygens (including phenoxy) is 1. The molecule has 1 aromatic heterocycles. The van der Waals surface area contributed by atoms with E-state index >= 15 is 0 Å². The van der Waals surface area contributed by atoms with Gasteiger partial charge in [-0.1, -0.05) is 19.8 Å². The van der Waals surface area contributed by atoms with E-state index in [-0.39, 0.29) is 29.1 Å². The lowest BCUT2D eigenvalue weighted by Gasteiger charge is -2.06. The van der Waals surface area contributed by atoms with Crippen molar-refractivity contribution < 1.29 is 26.4 Å². The van der Waals surface area contributed by atoms with Crippen molar-refractivity contribution >= 4 is 42.6 Å². The first kappa shape index (κ1) is 21.2. The normalized spacial score (nSPS) is 12.3. The number of aromatic nitrogens is 1. The topological polar surface area (TPSA) is 112 Å². The van der Waals surface area contributed by atoms with Crippen LogP contribution in [0.1, 0.15) is 42.2 Å². The third-order valence-electron chi connectivity index (χ3n) is 3.97. The van der Waals surface area contributed by atoms with Crippen molar-refractivity contribution in [3.8, 4) is 0 Å². The van der Waals surface area contributed by atoms with Gasteiger partial charge in [0.1, 0.15) is 0 Å². The molecule has 0 amide bonds. The van der Waals surface area contributed by atoms with Crippen molar-refractivity contribution in [2.75, 3.05) is 23.8 Å². The van der Waals surface area contributed by atoms with Gasteiger partial charge in [-0.2, -0.15) is 0 Å². The van der Waals surface area contributed by atoms with E-state index in [2.05, 4.69) is 4.72 Å². The molecule has 0 fully saturated rings. The van der Waals surface area contributed by atoms with Crippen LogP contribution in [0.4, 0.5) is 5.69 Å². The number of unbranched alkanes of at least 4 members (excludes halogenated alkanes) is 2. The molecule has 0 saturated carbocycles. The summed E-state index contributed by atoms with van der Waals surface area (Å²) >= 11 is 0. The highest BCUT2D eigenvalue weighted by Gasteiger charge is 2.25. The lowest BCUT2D eigenvalue weighted by atomic mass is 10.1. The molecule has 0 unspecified atom stereocenters. The van der Waals surface area contributed by atoms with Crippen molar-refractivity contribution in [1.29, 1.82) is 0 Å². The molecule has 2 rings (SSSR count). The zero-order chi connectivity index (χ0) is 20.4. The molecule has 10 heteroatoms. The van der Waals surface area contributed by atoms with Gasteiger partial charge in [0, 0.05) is 16.8 Å². The third kappa shape index (κ3) is 5.01. The SMILES string of the molecule is CCCCCOC(=O)c1c(C)n(S(C)(=O)=O)c2ccc(NS(C)(=O)=O)cc12. The number of benzene rings is 1. The Morgan fingerprint density at radius 2 is 1.81 bits per heavy atom. The standard InChI is InChI=1S/C17H24N2O6S2/c1-5-6-7-10-25-17(20)16-12(2)19(27(4,23)24)15-9-8-13(11-14(15)16)18-26(3,21)22/h8-9,11,18H,5-7,10H2,1-4H3. The molecule has 2 aromatic rings. The van der Waals surface area contributed by atoms with Gasteiger partial charge in [0.25, 0.3) is 0 Å². The van der Waals surface area contributed by atoms with Gasteiger partial charge in [-0.25, -0.2) is 25.6 Å². The van der Waals surface area contributed by atoms with Crippen LogP contribution >= 0.6 is 0 Å². The van der Waals surface area contributed by atoms with Gasteiger partial charge in [-0.15, -0.1) is 0 Å². The molecule has 0 spiro atoms. The minimum absolute atomic E-state index is 0.115. The molecule has 0 bridgehead atoms. The van der Waals surface area contributed by atoms with Gasteiger partial charge in [-0.3, -0.25) is 4.72 Å². The molecular weight excluding hydrogens is 392 g/mol. The number of carbonyl (C=O) groups excluding carboxylic acids is 1. The summed E-state index contributed by atoms with van der Waals surface area (Å²) in [7, 11) is -7.20.